The van der Waals surface area contributed by atoms with E-state index in [9.17, 15) is 4.79 Å². The number of hydrogen-bond acceptors (Lipinski definition) is 4. The molecule has 0 saturated carbocycles. The minimum Gasteiger partial charge on any atom is -0.493 e. The van der Waals surface area contributed by atoms with Crippen molar-refractivity contribution in [3.05, 3.63) is 53.1 Å². The van der Waals surface area contributed by atoms with Gasteiger partial charge in [-0.05, 0) is 56.4 Å². The van der Waals surface area contributed by atoms with Gasteiger partial charge >= 0.3 is 0 Å². The molecule has 2 N–H and O–H groups in total. The molecule has 152 valence electrons. The number of hydrogen-bond donors (Lipinski definition) is 2. The van der Waals surface area contributed by atoms with Gasteiger partial charge in [0.25, 0.3) is 0 Å². The predicted octanol–water partition coefficient (Wildman–Crippen LogP) is 3.96. The van der Waals surface area contributed by atoms with Crippen LogP contribution in [0.5, 0.6) is 11.5 Å². The molecule has 0 radical (unpaired) electrons. The minimum atomic E-state index is -0.972. The van der Waals surface area contributed by atoms with Crippen LogP contribution in [0.2, 0.25) is 5.02 Å². The molecule has 2 aliphatic rings. The summed E-state index contributed by atoms with van der Waals surface area (Å²) in [7, 11) is 1.60. The van der Waals surface area contributed by atoms with Crippen molar-refractivity contribution in [3.8, 4) is 11.5 Å². The summed E-state index contributed by atoms with van der Waals surface area (Å²) in [5.74, 6) is 0.540. The smallest absolute Gasteiger partial charge is 0.236 e. The Morgan fingerprint density at radius 3 is 2.72 bits per heavy atom. The van der Waals surface area contributed by atoms with E-state index in [1.165, 1.54) is 0 Å². The van der Waals surface area contributed by atoms with E-state index in [4.69, 9.17) is 33.3 Å². The Labute approximate surface area is 180 Å². The number of carbonyl (C=O) groups excluding carboxylic acids is 1. The highest BCUT2D eigenvalue weighted by molar-refractivity contribution is 7.80. The Kier molecular flexibility index (Phi) is 5.04. The molecule has 1 saturated heterocycles. The fourth-order valence-corrected chi connectivity index (χ4v) is 4.77. The van der Waals surface area contributed by atoms with Crippen molar-refractivity contribution in [1.82, 2.24) is 10.2 Å². The van der Waals surface area contributed by atoms with E-state index in [0.717, 1.165) is 5.56 Å². The van der Waals surface area contributed by atoms with Gasteiger partial charge in [0.05, 0.1) is 13.2 Å². The molecular weight excluding hydrogens is 410 g/mol. The zero-order valence-electron chi connectivity index (χ0n) is 16.4. The molecule has 8 heteroatoms. The van der Waals surface area contributed by atoms with Crippen molar-refractivity contribution in [2.45, 2.75) is 25.6 Å². The van der Waals surface area contributed by atoms with E-state index in [1.54, 1.807) is 31.4 Å². The standard InChI is InChI=1S/C21H22ClN3O3S/c1-4-25-20(29)24-17-14-6-5-7-15(27-3)18(14)28-21(25,2)16(17)19(26)23-13-10-8-12(22)9-11-13/h5-11,16-17H,4H2,1-3H3,(H,23,26)(H,24,29)/t16-,17-,21-/m0/s1. The monoisotopic (exact) mass is 431 g/mol. The summed E-state index contributed by atoms with van der Waals surface area (Å²) < 4.78 is 12.0. The van der Waals surface area contributed by atoms with Gasteiger partial charge in [0.1, 0.15) is 5.92 Å². The lowest BCUT2D eigenvalue weighted by atomic mass is 9.78. The molecule has 4 rings (SSSR count). The second-order valence-corrected chi connectivity index (χ2v) is 8.00. The molecule has 1 fully saturated rings. The van der Waals surface area contributed by atoms with Gasteiger partial charge in [-0.3, -0.25) is 4.79 Å². The molecule has 0 aliphatic carbocycles. The van der Waals surface area contributed by atoms with Crippen molar-refractivity contribution >= 4 is 40.5 Å². The van der Waals surface area contributed by atoms with Crippen LogP contribution >= 0.6 is 23.8 Å². The van der Waals surface area contributed by atoms with Crippen molar-refractivity contribution in [2.75, 3.05) is 19.0 Å². The molecule has 2 aromatic rings. The summed E-state index contributed by atoms with van der Waals surface area (Å²) in [6.07, 6.45) is 0. The lowest BCUT2D eigenvalue weighted by Gasteiger charge is -2.56. The van der Waals surface area contributed by atoms with Crippen LogP contribution < -0.4 is 20.1 Å². The number of ether oxygens (including phenoxy) is 2. The number of nitrogens with zero attached hydrogens (tertiary/aromatic N) is 1. The first-order valence-electron chi connectivity index (χ1n) is 9.39. The van der Waals surface area contributed by atoms with Crippen LogP contribution in [0.4, 0.5) is 5.69 Å². The van der Waals surface area contributed by atoms with Crippen molar-refractivity contribution in [2.24, 2.45) is 5.92 Å². The predicted molar refractivity (Wildman–Crippen MR) is 116 cm³/mol. The number of thiocarbonyl (C=S) groups is 1. The number of anilines is 1. The van der Waals surface area contributed by atoms with E-state index in [1.807, 2.05) is 36.9 Å². The van der Waals surface area contributed by atoms with Crippen molar-refractivity contribution in [3.63, 3.8) is 0 Å². The first kappa shape index (κ1) is 19.8. The molecule has 2 bridgehead atoms. The summed E-state index contributed by atoms with van der Waals surface area (Å²) in [5, 5.41) is 7.51. The molecule has 0 spiro atoms. The highest BCUT2D eigenvalue weighted by Crippen LogP contribution is 2.51. The van der Waals surface area contributed by atoms with Gasteiger partial charge in [-0.1, -0.05) is 23.7 Å². The molecule has 29 heavy (non-hydrogen) atoms. The largest absolute Gasteiger partial charge is 0.493 e. The molecule has 0 unspecified atom stereocenters. The third kappa shape index (κ3) is 3.18. The van der Waals surface area contributed by atoms with Crippen molar-refractivity contribution < 1.29 is 14.3 Å². The fraction of sp³-hybridized carbons (Fsp3) is 0.333. The van der Waals surface area contributed by atoms with Gasteiger partial charge in [-0.25, -0.2) is 0 Å². The molecule has 2 aromatic carbocycles. The van der Waals surface area contributed by atoms with Crippen LogP contribution in [0.25, 0.3) is 0 Å². The number of benzene rings is 2. The summed E-state index contributed by atoms with van der Waals surface area (Å²) >= 11 is 11.5. The average molecular weight is 432 g/mol. The Bertz CT molecular complexity index is 968. The number of para-hydroxylation sites is 1. The second-order valence-electron chi connectivity index (χ2n) is 7.18. The second kappa shape index (κ2) is 7.39. The first-order valence-corrected chi connectivity index (χ1v) is 10.2. The third-order valence-corrected chi connectivity index (χ3v) is 6.14. The number of amides is 1. The Morgan fingerprint density at radius 2 is 2.07 bits per heavy atom. The lowest BCUT2D eigenvalue weighted by molar-refractivity contribution is -0.149. The Hall–Kier alpha value is -2.51. The van der Waals surface area contributed by atoms with Crippen LogP contribution in [0.1, 0.15) is 25.5 Å². The molecule has 0 aromatic heterocycles. The van der Waals surface area contributed by atoms with Crippen LogP contribution in [0.3, 0.4) is 0 Å². The van der Waals surface area contributed by atoms with Gasteiger partial charge in [-0.2, -0.15) is 0 Å². The third-order valence-electron chi connectivity index (χ3n) is 5.55. The first-order chi connectivity index (χ1) is 13.9. The van der Waals surface area contributed by atoms with Crippen LogP contribution in [-0.4, -0.2) is 35.3 Å². The molecule has 2 aliphatic heterocycles. The van der Waals surface area contributed by atoms with Crippen molar-refractivity contribution in [1.29, 1.82) is 0 Å². The van der Waals surface area contributed by atoms with Gasteiger partial charge in [0.2, 0.25) is 5.91 Å². The average Bonchev–Trinajstić information content (AvgIpc) is 2.69. The van der Waals surface area contributed by atoms with Crippen LogP contribution in [-0.2, 0) is 4.79 Å². The van der Waals surface area contributed by atoms with Crippen LogP contribution in [0.15, 0.2) is 42.5 Å². The molecule has 3 atom stereocenters. The SMILES string of the molecule is CCN1C(=S)N[C@H]2c3cccc(OC)c3O[C@@]1(C)[C@@H]2C(=O)Nc1ccc(Cl)cc1. The van der Waals surface area contributed by atoms with Gasteiger partial charge < -0.3 is 25.0 Å². The Morgan fingerprint density at radius 1 is 1.34 bits per heavy atom. The summed E-state index contributed by atoms with van der Waals surface area (Å²) in [4.78, 5) is 15.3. The number of methoxy groups -OCH3 is 1. The normalized spacial score (nSPS) is 24.8. The maximum Gasteiger partial charge on any atom is 0.236 e. The highest BCUT2D eigenvalue weighted by atomic mass is 35.5. The summed E-state index contributed by atoms with van der Waals surface area (Å²) in [6, 6.07) is 12.3. The van der Waals surface area contributed by atoms with Gasteiger partial charge in [-0.15, -0.1) is 0 Å². The van der Waals surface area contributed by atoms with E-state index in [0.29, 0.717) is 33.9 Å². The van der Waals surface area contributed by atoms with Crippen LogP contribution in [0, 0.1) is 5.92 Å². The zero-order chi connectivity index (χ0) is 20.8. The number of rotatable bonds is 4. The minimum absolute atomic E-state index is 0.165. The van der Waals surface area contributed by atoms with E-state index >= 15 is 0 Å². The molecule has 6 nitrogen and oxygen atoms in total. The van der Waals surface area contributed by atoms with E-state index in [-0.39, 0.29) is 11.9 Å². The topological polar surface area (TPSA) is 62.8 Å². The molecular formula is C21H22ClN3O3S. The quantitative estimate of drug-likeness (QED) is 0.714. The van der Waals surface area contributed by atoms with Gasteiger partial charge in [0.15, 0.2) is 22.3 Å². The number of halogens is 1. The lowest BCUT2D eigenvalue weighted by Crippen LogP contribution is -2.71. The zero-order valence-corrected chi connectivity index (χ0v) is 17.9. The Balaban J connectivity index is 1.78. The number of carbonyl (C=O) groups is 1. The highest BCUT2D eigenvalue weighted by Gasteiger charge is 2.58. The van der Waals surface area contributed by atoms with E-state index in [2.05, 4.69) is 10.6 Å². The molecule has 2 heterocycles. The summed E-state index contributed by atoms with van der Waals surface area (Å²) in [5.41, 5.74) is 0.541. The number of nitrogens with one attached hydrogen (secondary N) is 2. The summed E-state index contributed by atoms with van der Waals surface area (Å²) in [6.45, 7) is 4.47. The van der Waals surface area contributed by atoms with Gasteiger partial charge in [0, 0.05) is 22.8 Å². The maximum absolute atomic E-state index is 13.4. The molecule has 1 amide bonds. The van der Waals surface area contributed by atoms with E-state index < -0.39 is 11.6 Å². The fourth-order valence-electron chi connectivity index (χ4n) is 4.21. The number of fused-ring (bicyclic) bond motifs is 4. The maximum atomic E-state index is 13.4.